The molecule has 2 aromatic rings. The van der Waals surface area contributed by atoms with Gasteiger partial charge in [-0.05, 0) is 41.5 Å². The van der Waals surface area contributed by atoms with Crippen LogP contribution in [0.25, 0.3) is 0 Å². The number of amides is 2. The van der Waals surface area contributed by atoms with Crippen LogP contribution in [-0.2, 0) is 20.7 Å². The second-order valence-electron chi connectivity index (χ2n) is 8.33. The number of rotatable bonds is 10. The molecule has 32 heavy (non-hydrogen) atoms. The minimum atomic E-state index is -0.368. The lowest BCUT2D eigenvalue weighted by atomic mass is 10.0. The van der Waals surface area contributed by atoms with Gasteiger partial charge in [-0.2, -0.15) is 0 Å². The number of methoxy groups -OCH3 is 1. The SMILES string of the molecule is COCCN(CC(=O)N1CCc2sccc2[C@H]1COc1cccc(F)c1)C(=O)CC(C)C. The predicted octanol–water partition coefficient (Wildman–Crippen LogP) is 3.91. The molecular weight excluding hydrogens is 431 g/mol. The van der Waals surface area contributed by atoms with Crippen molar-refractivity contribution < 1.29 is 23.5 Å². The van der Waals surface area contributed by atoms with Gasteiger partial charge in [-0.15, -0.1) is 11.3 Å². The summed E-state index contributed by atoms with van der Waals surface area (Å²) in [4.78, 5) is 30.7. The van der Waals surface area contributed by atoms with Crippen LogP contribution in [0, 0.1) is 11.7 Å². The van der Waals surface area contributed by atoms with Crippen molar-refractivity contribution in [2.24, 2.45) is 5.92 Å². The average molecular weight is 463 g/mol. The van der Waals surface area contributed by atoms with E-state index in [1.807, 2.05) is 25.3 Å². The van der Waals surface area contributed by atoms with Crippen molar-refractivity contribution in [3.05, 3.63) is 52.0 Å². The smallest absolute Gasteiger partial charge is 0.242 e. The summed E-state index contributed by atoms with van der Waals surface area (Å²) in [7, 11) is 1.58. The lowest BCUT2D eigenvalue weighted by molar-refractivity contribution is -0.143. The first-order chi connectivity index (χ1) is 15.4. The third kappa shape index (κ3) is 6.29. The number of carbonyl (C=O) groups excluding carboxylic acids is 2. The molecule has 0 N–H and O–H groups in total. The summed E-state index contributed by atoms with van der Waals surface area (Å²) in [5.41, 5.74) is 1.06. The van der Waals surface area contributed by atoms with Crippen LogP contribution in [0.3, 0.4) is 0 Å². The van der Waals surface area contributed by atoms with Crippen molar-refractivity contribution in [1.82, 2.24) is 9.80 Å². The minimum Gasteiger partial charge on any atom is -0.491 e. The number of halogens is 1. The fourth-order valence-electron chi connectivity index (χ4n) is 3.83. The molecule has 1 aromatic heterocycles. The molecule has 1 aliphatic rings. The van der Waals surface area contributed by atoms with Crippen molar-refractivity contribution in [1.29, 1.82) is 0 Å². The number of fused-ring (bicyclic) bond motifs is 1. The van der Waals surface area contributed by atoms with Crippen LogP contribution in [0.2, 0.25) is 0 Å². The topological polar surface area (TPSA) is 59.1 Å². The molecule has 3 rings (SSSR count). The van der Waals surface area contributed by atoms with E-state index in [0.29, 0.717) is 31.9 Å². The fraction of sp³-hybridized carbons (Fsp3) is 0.500. The van der Waals surface area contributed by atoms with E-state index in [4.69, 9.17) is 9.47 Å². The van der Waals surface area contributed by atoms with Crippen LogP contribution in [0.4, 0.5) is 4.39 Å². The zero-order valence-electron chi connectivity index (χ0n) is 18.9. The highest BCUT2D eigenvalue weighted by Gasteiger charge is 2.33. The number of thiophene rings is 1. The molecule has 0 spiro atoms. The maximum absolute atomic E-state index is 13.5. The van der Waals surface area contributed by atoms with Gasteiger partial charge >= 0.3 is 0 Å². The largest absolute Gasteiger partial charge is 0.491 e. The van der Waals surface area contributed by atoms with Gasteiger partial charge in [-0.1, -0.05) is 19.9 Å². The van der Waals surface area contributed by atoms with Gasteiger partial charge in [-0.3, -0.25) is 9.59 Å². The van der Waals surface area contributed by atoms with Crippen LogP contribution in [0.15, 0.2) is 35.7 Å². The first-order valence-electron chi connectivity index (χ1n) is 10.9. The molecule has 2 heterocycles. The third-order valence-electron chi connectivity index (χ3n) is 5.45. The van der Waals surface area contributed by atoms with Gasteiger partial charge < -0.3 is 19.3 Å². The Labute approximate surface area is 192 Å². The van der Waals surface area contributed by atoms with E-state index < -0.39 is 0 Å². The Bertz CT molecular complexity index is 917. The molecule has 8 heteroatoms. The first kappa shape index (κ1) is 24.2. The molecule has 1 aromatic carbocycles. The molecule has 0 bridgehead atoms. The van der Waals surface area contributed by atoms with Crippen molar-refractivity contribution in [3.8, 4) is 5.75 Å². The maximum Gasteiger partial charge on any atom is 0.242 e. The quantitative estimate of drug-likeness (QED) is 0.537. The minimum absolute atomic E-state index is 0.00481. The molecule has 0 saturated heterocycles. The molecular formula is C24H31FN2O4S. The standard InChI is InChI=1S/C24H31FN2O4S/c1-17(2)13-23(28)26(10-11-30-3)15-24(29)27-9-7-22-20(8-12-32-22)21(27)16-31-19-6-4-5-18(25)14-19/h4-6,8,12,14,17,21H,7,9-11,13,15-16H2,1-3H3/t21-/m1/s1. The Morgan fingerprint density at radius 1 is 1.31 bits per heavy atom. The van der Waals surface area contributed by atoms with Gasteiger partial charge in [0, 0.05) is 37.6 Å². The summed E-state index contributed by atoms with van der Waals surface area (Å²) in [5, 5.41) is 2.02. The zero-order valence-corrected chi connectivity index (χ0v) is 19.7. The van der Waals surface area contributed by atoms with Gasteiger partial charge in [0.25, 0.3) is 0 Å². The fourth-order valence-corrected chi connectivity index (χ4v) is 4.76. The van der Waals surface area contributed by atoms with Gasteiger partial charge in [0.2, 0.25) is 11.8 Å². The summed E-state index contributed by atoms with van der Waals surface area (Å²) >= 11 is 1.67. The molecule has 1 atom stereocenters. The van der Waals surface area contributed by atoms with Crippen LogP contribution < -0.4 is 4.74 Å². The summed E-state index contributed by atoms with van der Waals surface area (Å²) < 4.78 is 24.6. The maximum atomic E-state index is 13.5. The average Bonchev–Trinajstić information content (AvgIpc) is 3.23. The molecule has 2 amide bonds. The highest BCUT2D eigenvalue weighted by molar-refractivity contribution is 7.10. The number of hydrogen-bond donors (Lipinski definition) is 0. The predicted molar refractivity (Wildman–Crippen MR) is 122 cm³/mol. The molecule has 0 fully saturated rings. The highest BCUT2D eigenvalue weighted by Crippen LogP contribution is 2.34. The number of carbonyl (C=O) groups is 2. The number of hydrogen-bond acceptors (Lipinski definition) is 5. The second-order valence-corrected chi connectivity index (χ2v) is 9.33. The summed E-state index contributed by atoms with van der Waals surface area (Å²) in [6.07, 6.45) is 1.16. The summed E-state index contributed by atoms with van der Waals surface area (Å²) in [6, 6.07) is 7.72. The molecule has 0 saturated carbocycles. The van der Waals surface area contributed by atoms with Gasteiger partial charge in [0.15, 0.2) is 0 Å². The Kier molecular flexibility index (Phi) is 8.64. The third-order valence-corrected chi connectivity index (χ3v) is 6.44. The Balaban J connectivity index is 1.75. The molecule has 0 unspecified atom stereocenters. The van der Waals surface area contributed by atoms with E-state index >= 15 is 0 Å². The zero-order chi connectivity index (χ0) is 23.1. The van der Waals surface area contributed by atoms with Gasteiger partial charge in [-0.25, -0.2) is 4.39 Å². The monoisotopic (exact) mass is 462 g/mol. The number of nitrogens with zero attached hydrogens (tertiary/aromatic N) is 2. The summed E-state index contributed by atoms with van der Waals surface area (Å²) in [5.74, 6) is 0.0915. The number of benzene rings is 1. The van der Waals surface area contributed by atoms with E-state index in [1.165, 1.54) is 17.0 Å². The molecule has 0 radical (unpaired) electrons. The van der Waals surface area contributed by atoms with E-state index in [2.05, 4.69) is 0 Å². The lowest BCUT2D eigenvalue weighted by Gasteiger charge is -2.37. The molecule has 174 valence electrons. The molecule has 6 nitrogen and oxygen atoms in total. The van der Waals surface area contributed by atoms with Crippen LogP contribution in [0.5, 0.6) is 5.75 Å². The Hall–Kier alpha value is -2.45. The normalized spacial score (nSPS) is 15.5. The van der Waals surface area contributed by atoms with Crippen molar-refractivity contribution in [2.45, 2.75) is 32.7 Å². The number of ether oxygens (including phenoxy) is 2. The van der Waals surface area contributed by atoms with Crippen molar-refractivity contribution in [3.63, 3.8) is 0 Å². The van der Waals surface area contributed by atoms with E-state index in [-0.39, 0.29) is 42.7 Å². The van der Waals surface area contributed by atoms with Crippen LogP contribution >= 0.6 is 11.3 Å². The van der Waals surface area contributed by atoms with E-state index in [9.17, 15) is 14.0 Å². The second kappa shape index (κ2) is 11.4. The van der Waals surface area contributed by atoms with Crippen LogP contribution in [-0.4, -0.2) is 61.6 Å². The highest BCUT2D eigenvalue weighted by atomic mass is 32.1. The van der Waals surface area contributed by atoms with Gasteiger partial charge in [0.1, 0.15) is 18.2 Å². The molecule has 1 aliphatic heterocycles. The summed E-state index contributed by atoms with van der Waals surface area (Å²) in [6.45, 7) is 5.49. The lowest BCUT2D eigenvalue weighted by Crippen LogP contribution is -2.48. The van der Waals surface area contributed by atoms with Crippen molar-refractivity contribution >= 4 is 23.2 Å². The van der Waals surface area contributed by atoms with Crippen LogP contribution in [0.1, 0.15) is 36.8 Å². The van der Waals surface area contributed by atoms with Gasteiger partial charge in [0.05, 0.1) is 19.2 Å². The Morgan fingerprint density at radius 2 is 2.12 bits per heavy atom. The van der Waals surface area contributed by atoms with E-state index in [1.54, 1.807) is 40.4 Å². The molecule has 0 aliphatic carbocycles. The van der Waals surface area contributed by atoms with Crippen molar-refractivity contribution in [2.75, 3.05) is 40.0 Å². The van der Waals surface area contributed by atoms with E-state index in [0.717, 1.165) is 12.0 Å². The first-order valence-corrected chi connectivity index (χ1v) is 11.8. The Morgan fingerprint density at radius 3 is 2.84 bits per heavy atom.